The Morgan fingerprint density at radius 3 is 1.50 bits per heavy atom. The monoisotopic (exact) mass is 1330 g/mol. The summed E-state index contributed by atoms with van der Waals surface area (Å²) in [6, 6.07) is 9.02. The van der Waals surface area contributed by atoms with Crippen molar-refractivity contribution in [3.05, 3.63) is 42.0 Å². The number of benzene rings is 1. The van der Waals surface area contributed by atoms with Gasteiger partial charge in [0.15, 0.2) is 49.6 Å². The first-order chi connectivity index (χ1) is 45.4. The van der Waals surface area contributed by atoms with Gasteiger partial charge in [-0.3, -0.25) is 14.4 Å². The van der Waals surface area contributed by atoms with Crippen LogP contribution >= 0.6 is 0 Å². The normalized spacial score (nSPS) is 34.1. The summed E-state index contributed by atoms with van der Waals surface area (Å²) in [6.45, 7) is 12.8. The Labute approximate surface area is 560 Å². The van der Waals surface area contributed by atoms with E-state index in [1.54, 1.807) is 52.0 Å². The van der Waals surface area contributed by atoms with Crippen LogP contribution in [0.15, 0.2) is 36.4 Å². The van der Waals surface area contributed by atoms with Gasteiger partial charge in [-0.15, -0.1) is 0 Å². The van der Waals surface area contributed by atoms with Crippen molar-refractivity contribution in [2.75, 3.05) is 0 Å². The second-order valence-electron chi connectivity index (χ2n) is 27.0. The van der Waals surface area contributed by atoms with Crippen molar-refractivity contribution >= 4 is 30.0 Å². The third-order valence-electron chi connectivity index (χ3n) is 19.0. The predicted octanol–water partition coefficient (Wildman–Crippen LogP) is 11.6. The molecule has 21 nitrogen and oxygen atoms in total. The Hall–Kier alpha value is -3.68. The zero-order chi connectivity index (χ0) is 67.8. The molecular formula is C73H120O21. The van der Waals surface area contributed by atoms with Gasteiger partial charge in [0.25, 0.3) is 0 Å². The Bertz CT molecular complexity index is 2290. The molecule has 0 aliphatic carbocycles. The van der Waals surface area contributed by atoms with E-state index < -0.39 is 147 Å². The number of esters is 4. The van der Waals surface area contributed by atoms with Crippen molar-refractivity contribution < 1.29 is 102 Å². The van der Waals surface area contributed by atoms with Gasteiger partial charge in [0.2, 0.25) is 0 Å². The SMILES string of the molecule is CCCCCCCCCCCC(=O)OC1C(C)OC(OC2C(C)OC(OC3C(C)OC4OC5C(OC(CCCCC)CCCCCCCCCC(=O)OC4C3O)OC(C)C(O)C5O)C(OC(=O)CCCCCCCCCCC)C2O)C(OC(=O)C=Cc2ccccc2)C1O. The molecule has 1 aromatic rings. The number of fused-ring (bicyclic) bond motifs is 2. The van der Waals surface area contributed by atoms with Crippen LogP contribution in [-0.2, 0) is 76.0 Å². The van der Waals surface area contributed by atoms with Crippen molar-refractivity contribution in [3.63, 3.8) is 0 Å². The lowest BCUT2D eigenvalue weighted by Crippen LogP contribution is -2.67. The minimum absolute atomic E-state index is 0.0115. The zero-order valence-corrected chi connectivity index (χ0v) is 57.8. The first-order valence-electron chi connectivity index (χ1n) is 36.6. The van der Waals surface area contributed by atoms with Crippen LogP contribution in [0, 0.1) is 0 Å². The number of aliphatic hydroxyl groups excluding tert-OH is 5. The maximum Gasteiger partial charge on any atom is 0.331 e. The second kappa shape index (κ2) is 43.7. The van der Waals surface area contributed by atoms with Crippen molar-refractivity contribution in [2.45, 2.75) is 389 Å². The molecule has 0 bridgehead atoms. The first kappa shape index (κ1) is 79.3. The fraction of sp³-hybridized carbons (Fsp3) is 0.836. The van der Waals surface area contributed by atoms with Gasteiger partial charge in [-0.1, -0.05) is 212 Å². The number of unbranched alkanes of at least 4 members (excludes halogenated alkanes) is 18. The molecule has 5 aliphatic rings. The molecule has 1 aromatic carbocycles. The molecule has 5 aliphatic heterocycles. The molecule has 5 saturated heterocycles. The van der Waals surface area contributed by atoms with Crippen LogP contribution in [0.2, 0.25) is 0 Å². The molecule has 21 atom stereocenters. The van der Waals surface area contributed by atoms with Gasteiger partial charge in [-0.2, -0.15) is 0 Å². The number of aliphatic hydroxyl groups is 5. The average molecular weight is 1330 g/mol. The van der Waals surface area contributed by atoms with E-state index in [2.05, 4.69) is 20.8 Å². The molecule has 94 heavy (non-hydrogen) atoms. The lowest BCUT2D eigenvalue weighted by molar-refractivity contribution is -0.387. The lowest BCUT2D eigenvalue weighted by atomic mass is 9.95. The van der Waals surface area contributed by atoms with Crippen LogP contribution in [0.3, 0.4) is 0 Å². The average Bonchev–Trinajstić information content (AvgIpc) is 0.779. The van der Waals surface area contributed by atoms with Gasteiger partial charge < -0.3 is 82.4 Å². The van der Waals surface area contributed by atoms with E-state index in [1.807, 2.05) is 6.07 Å². The Balaban J connectivity index is 1.25. The molecule has 21 unspecified atom stereocenters. The molecule has 0 spiro atoms. The van der Waals surface area contributed by atoms with Crippen molar-refractivity contribution in [2.24, 2.45) is 0 Å². The fourth-order valence-electron chi connectivity index (χ4n) is 13.3. The third-order valence-corrected chi connectivity index (χ3v) is 19.0. The quantitative estimate of drug-likeness (QED) is 0.0189. The maximum atomic E-state index is 14.1. The molecule has 0 saturated carbocycles. The Morgan fingerprint density at radius 1 is 0.457 bits per heavy atom. The number of rotatable bonds is 33. The zero-order valence-electron chi connectivity index (χ0n) is 57.8. The minimum Gasteiger partial charge on any atom is -0.457 e. The van der Waals surface area contributed by atoms with E-state index in [-0.39, 0.29) is 25.4 Å². The number of ether oxygens (including phenoxy) is 12. The summed E-state index contributed by atoms with van der Waals surface area (Å²) in [6.07, 6.45) is 2.60. The highest BCUT2D eigenvalue weighted by atomic mass is 16.8. The summed E-state index contributed by atoms with van der Waals surface area (Å²) in [5, 5.41) is 60.4. The molecule has 0 aromatic heterocycles. The van der Waals surface area contributed by atoms with Crippen molar-refractivity contribution in [1.29, 1.82) is 0 Å². The van der Waals surface area contributed by atoms with Crippen LogP contribution in [0.5, 0.6) is 0 Å². The van der Waals surface area contributed by atoms with Crippen LogP contribution in [-0.4, -0.2) is 178 Å². The molecule has 0 amide bonds. The lowest BCUT2D eigenvalue weighted by Gasteiger charge is -2.49. The minimum atomic E-state index is -1.79. The molecule has 5 heterocycles. The topological polar surface area (TPSA) is 280 Å². The standard InChI is InChI=1S/C73H120O21/c1-8-11-14-16-18-20-24-28-36-43-54(74)88-63-49(5)84-71(67(60(63)80)91-57(77)47-46-52-39-33-31-34-40-52)92-64-50(6)85-72(68(61(64)81)89-55(75)44-37-29-25-21-19-17-15-12-9-2)93-65-51(7)86-73-69(62(65)82)90-56(76)45-38-30-26-22-23-27-35-42-53(41-32-13-10-3)87-70-66(94-73)59(79)58(78)48(4)83-70/h31,33-34,39-40,46-51,53,58-73,78-82H,8-30,32,35-38,41-45H2,1-7H3. The number of hydrogen-bond donors (Lipinski definition) is 5. The summed E-state index contributed by atoms with van der Waals surface area (Å²) in [5.74, 6) is -2.79. The summed E-state index contributed by atoms with van der Waals surface area (Å²) in [4.78, 5) is 55.0. The van der Waals surface area contributed by atoms with Gasteiger partial charge in [-0.25, -0.2) is 4.79 Å². The number of carbonyl (C=O) groups excluding carboxylic acids is 4. The van der Waals surface area contributed by atoms with Gasteiger partial charge in [0.1, 0.15) is 48.8 Å². The van der Waals surface area contributed by atoms with Crippen LogP contribution in [0.1, 0.15) is 266 Å². The van der Waals surface area contributed by atoms with E-state index in [4.69, 9.17) is 56.8 Å². The maximum absolute atomic E-state index is 14.1. The van der Waals surface area contributed by atoms with Gasteiger partial charge in [0.05, 0.1) is 30.5 Å². The van der Waals surface area contributed by atoms with Crippen molar-refractivity contribution in [3.8, 4) is 0 Å². The highest BCUT2D eigenvalue weighted by molar-refractivity contribution is 5.87. The van der Waals surface area contributed by atoms with E-state index in [0.717, 1.165) is 135 Å². The van der Waals surface area contributed by atoms with E-state index in [9.17, 15) is 44.7 Å². The highest BCUT2D eigenvalue weighted by Crippen LogP contribution is 2.38. The predicted molar refractivity (Wildman–Crippen MR) is 351 cm³/mol. The molecular weight excluding hydrogens is 1210 g/mol. The van der Waals surface area contributed by atoms with Gasteiger partial charge >= 0.3 is 23.9 Å². The number of carbonyl (C=O) groups is 4. The van der Waals surface area contributed by atoms with Crippen LogP contribution < -0.4 is 0 Å². The second-order valence-corrected chi connectivity index (χ2v) is 27.0. The summed E-state index contributed by atoms with van der Waals surface area (Å²) >= 11 is 0. The molecule has 0 radical (unpaired) electrons. The fourth-order valence-corrected chi connectivity index (χ4v) is 13.3. The molecule has 6 rings (SSSR count). The van der Waals surface area contributed by atoms with E-state index in [1.165, 1.54) is 50.7 Å². The smallest absolute Gasteiger partial charge is 0.331 e. The third kappa shape index (κ3) is 26.2. The van der Waals surface area contributed by atoms with Crippen molar-refractivity contribution in [1.82, 2.24) is 0 Å². The summed E-state index contributed by atoms with van der Waals surface area (Å²) in [5.41, 5.74) is 0.694. The molecule has 5 fully saturated rings. The van der Waals surface area contributed by atoms with E-state index in [0.29, 0.717) is 24.8 Å². The first-order valence-corrected chi connectivity index (χ1v) is 36.6. The van der Waals surface area contributed by atoms with Gasteiger partial charge in [0, 0.05) is 25.3 Å². The summed E-state index contributed by atoms with van der Waals surface area (Å²) < 4.78 is 76.1. The summed E-state index contributed by atoms with van der Waals surface area (Å²) in [7, 11) is 0. The Morgan fingerprint density at radius 2 is 0.915 bits per heavy atom. The molecule has 538 valence electrons. The molecule has 5 N–H and O–H groups in total. The van der Waals surface area contributed by atoms with Crippen LogP contribution in [0.25, 0.3) is 6.08 Å². The van der Waals surface area contributed by atoms with E-state index >= 15 is 0 Å². The highest BCUT2D eigenvalue weighted by Gasteiger charge is 2.57. The van der Waals surface area contributed by atoms with Gasteiger partial charge in [-0.05, 0) is 71.4 Å². The molecule has 21 heteroatoms. The Kier molecular flexibility index (Phi) is 36.8. The number of hydrogen-bond acceptors (Lipinski definition) is 21. The van der Waals surface area contributed by atoms with Crippen LogP contribution in [0.4, 0.5) is 0 Å². The largest absolute Gasteiger partial charge is 0.457 e.